The molecular weight excluding hydrogens is 224 g/mol. The Hall–Kier alpha value is -0.960. The van der Waals surface area contributed by atoms with E-state index in [1.165, 1.54) is 18.8 Å². The zero-order valence-electron chi connectivity index (χ0n) is 11.9. The van der Waals surface area contributed by atoms with Crippen LogP contribution in [-0.2, 0) is 4.74 Å². The molecule has 0 amide bonds. The summed E-state index contributed by atoms with van der Waals surface area (Å²) >= 11 is 0. The molecular formula is C15H26N2O. The normalized spacial score (nSPS) is 23.3. The van der Waals surface area contributed by atoms with Crippen LogP contribution in [0.1, 0.15) is 33.6 Å². The molecule has 0 aromatic rings. The van der Waals surface area contributed by atoms with Crippen LogP contribution >= 0.6 is 0 Å². The van der Waals surface area contributed by atoms with Gasteiger partial charge >= 0.3 is 0 Å². The first-order valence-corrected chi connectivity index (χ1v) is 7.23. The number of nitrogens with zero attached hydrogens (tertiary/aromatic N) is 2. The number of rotatable bonds is 5. The smallest absolute Gasteiger partial charge is 0.105 e. The quantitative estimate of drug-likeness (QED) is 0.698. The predicted molar refractivity (Wildman–Crippen MR) is 75.3 cm³/mol. The number of allylic oxidation sites excluding steroid dienone is 2. The second-order valence-corrected chi connectivity index (χ2v) is 5.39. The van der Waals surface area contributed by atoms with Crippen molar-refractivity contribution in [3.05, 3.63) is 24.0 Å². The first kappa shape index (κ1) is 13.5. The van der Waals surface area contributed by atoms with E-state index in [9.17, 15) is 0 Å². The highest BCUT2D eigenvalue weighted by Crippen LogP contribution is 2.26. The largest absolute Gasteiger partial charge is 0.379 e. The zero-order chi connectivity index (χ0) is 13.0. The molecule has 0 spiro atoms. The van der Waals surface area contributed by atoms with Crippen molar-refractivity contribution < 1.29 is 4.74 Å². The summed E-state index contributed by atoms with van der Waals surface area (Å²) in [5.74, 6) is 1.38. The lowest BCUT2D eigenvalue weighted by Gasteiger charge is -2.46. The van der Waals surface area contributed by atoms with Crippen LogP contribution in [0.2, 0.25) is 0 Å². The van der Waals surface area contributed by atoms with Gasteiger partial charge in [0.2, 0.25) is 0 Å². The summed E-state index contributed by atoms with van der Waals surface area (Å²) in [7, 11) is 0. The number of ether oxygens (including phenoxy) is 1. The summed E-state index contributed by atoms with van der Waals surface area (Å²) in [5.41, 5.74) is 0. The van der Waals surface area contributed by atoms with E-state index in [1.54, 1.807) is 0 Å². The van der Waals surface area contributed by atoms with Crippen LogP contribution in [0.4, 0.5) is 0 Å². The van der Waals surface area contributed by atoms with E-state index in [2.05, 4.69) is 48.8 Å². The van der Waals surface area contributed by atoms with Gasteiger partial charge in [-0.3, -0.25) is 0 Å². The number of hydrogen-bond donors (Lipinski definition) is 0. The van der Waals surface area contributed by atoms with Gasteiger partial charge in [0.25, 0.3) is 0 Å². The molecule has 2 aliphatic rings. The lowest BCUT2D eigenvalue weighted by Crippen LogP contribution is -2.51. The highest BCUT2D eigenvalue weighted by atomic mass is 16.5. The molecule has 0 aromatic carbocycles. The van der Waals surface area contributed by atoms with E-state index in [1.807, 2.05) is 0 Å². The van der Waals surface area contributed by atoms with E-state index in [4.69, 9.17) is 4.74 Å². The molecule has 1 fully saturated rings. The maximum absolute atomic E-state index is 5.73. The van der Waals surface area contributed by atoms with Gasteiger partial charge in [-0.05, 0) is 32.8 Å². The minimum Gasteiger partial charge on any atom is -0.379 e. The summed E-state index contributed by atoms with van der Waals surface area (Å²) in [4.78, 5) is 5.00. The molecule has 0 bridgehead atoms. The molecule has 2 rings (SSSR count). The Morgan fingerprint density at radius 1 is 1.39 bits per heavy atom. The first-order chi connectivity index (χ1) is 8.74. The maximum atomic E-state index is 5.73. The molecule has 0 aliphatic carbocycles. The molecule has 2 aliphatic heterocycles. The lowest BCUT2D eigenvalue weighted by molar-refractivity contribution is 0.0514. The van der Waals surface area contributed by atoms with Gasteiger partial charge in [-0.25, -0.2) is 0 Å². The monoisotopic (exact) mass is 250 g/mol. The molecule has 0 aromatic heterocycles. The third kappa shape index (κ3) is 2.89. The van der Waals surface area contributed by atoms with Crippen LogP contribution in [0.25, 0.3) is 0 Å². The molecule has 102 valence electrons. The Labute approximate surface area is 111 Å². The van der Waals surface area contributed by atoms with Crippen molar-refractivity contribution in [2.45, 2.75) is 45.7 Å². The Balaban J connectivity index is 2.02. The van der Waals surface area contributed by atoms with Crippen molar-refractivity contribution in [1.29, 1.82) is 0 Å². The van der Waals surface area contributed by atoms with Crippen LogP contribution in [-0.4, -0.2) is 48.2 Å². The average molecular weight is 250 g/mol. The average Bonchev–Trinajstić information content (AvgIpc) is 2.38. The van der Waals surface area contributed by atoms with E-state index >= 15 is 0 Å². The van der Waals surface area contributed by atoms with Crippen molar-refractivity contribution in [3.8, 4) is 0 Å². The van der Waals surface area contributed by atoms with Gasteiger partial charge in [0.05, 0.1) is 12.6 Å². The molecule has 0 radical (unpaired) electrons. The molecule has 0 N–H and O–H groups in total. The molecule has 3 nitrogen and oxygen atoms in total. The van der Waals surface area contributed by atoms with Crippen LogP contribution < -0.4 is 0 Å². The van der Waals surface area contributed by atoms with E-state index in [0.29, 0.717) is 12.1 Å². The minimum absolute atomic E-state index is 0.415. The fourth-order valence-electron chi connectivity index (χ4n) is 2.72. The Morgan fingerprint density at radius 2 is 2.22 bits per heavy atom. The van der Waals surface area contributed by atoms with Crippen molar-refractivity contribution in [3.63, 3.8) is 0 Å². The Bertz CT molecular complexity index is 322. The number of fused-ring (bicyclic) bond motifs is 1. The van der Waals surface area contributed by atoms with Crippen molar-refractivity contribution in [2.75, 3.05) is 26.3 Å². The molecule has 3 heteroatoms. The van der Waals surface area contributed by atoms with Crippen LogP contribution in [0.5, 0.6) is 0 Å². The van der Waals surface area contributed by atoms with Crippen molar-refractivity contribution >= 4 is 0 Å². The molecule has 18 heavy (non-hydrogen) atoms. The van der Waals surface area contributed by atoms with Gasteiger partial charge in [-0.15, -0.1) is 0 Å². The molecule has 1 unspecified atom stereocenters. The zero-order valence-corrected chi connectivity index (χ0v) is 11.9. The maximum Gasteiger partial charge on any atom is 0.105 e. The van der Waals surface area contributed by atoms with Crippen LogP contribution in [0, 0.1) is 0 Å². The first-order valence-electron chi connectivity index (χ1n) is 7.23. The van der Waals surface area contributed by atoms with Crippen molar-refractivity contribution in [1.82, 2.24) is 9.80 Å². The van der Waals surface area contributed by atoms with E-state index < -0.39 is 0 Å². The topological polar surface area (TPSA) is 15.7 Å². The van der Waals surface area contributed by atoms with Crippen LogP contribution in [0.15, 0.2) is 24.0 Å². The molecule has 1 saturated heterocycles. The van der Waals surface area contributed by atoms with Gasteiger partial charge in [-0.2, -0.15) is 0 Å². The van der Waals surface area contributed by atoms with Gasteiger partial charge < -0.3 is 14.5 Å². The minimum atomic E-state index is 0.415. The fraction of sp³-hybridized carbons (Fsp3) is 0.733. The van der Waals surface area contributed by atoms with Gasteiger partial charge in [-0.1, -0.05) is 19.1 Å². The Morgan fingerprint density at radius 3 is 2.94 bits per heavy atom. The highest BCUT2D eigenvalue weighted by molar-refractivity contribution is 5.22. The van der Waals surface area contributed by atoms with Gasteiger partial charge in [0.1, 0.15) is 5.82 Å². The summed E-state index contributed by atoms with van der Waals surface area (Å²) in [6.07, 6.45) is 9.04. The summed E-state index contributed by atoms with van der Waals surface area (Å²) < 4.78 is 5.73. The Kier molecular flexibility index (Phi) is 4.70. The SMILES string of the molecule is CCCOCC1C=CC=C2N(C(C)C)CCCN21. The summed E-state index contributed by atoms with van der Waals surface area (Å²) in [6.45, 7) is 10.7. The molecule has 2 heterocycles. The molecule has 1 atom stereocenters. The standard InChI is InChI=1S/C15H26N2O/c1-4-11-18-12-14-7-5-8-15-16(13(2)3)9-6-10-17(14)15/h5,7-8,13-14H,4,6,9-12H2,1-3H3. The van der Waals surface area contributed by atoms with Crippen molar-refractivity contribution in [2.24, 2.45) is 0 Å². The fourth-order valence-corrected chi connectivity index (χ4v) is 2.72. The lowest BCUT2D eigenvalue weighted by atomic mass is 10.1. The summed E-state index contributed by atoms with van der Waals surface area (Å²) in [6, 6.07) is 0.987. The van der Waals surface area contributed by atoms with Gasteiger partial charge in [0, 0.05) is 25.7 Å². The predicted octanol–water partition coefficient (Wildman–Crippen LogP) is 2.61. The van der Waals surface area contributed by atoms with E-state index in [0.717, 1.165) is 26.2 Å². The second kappa shape index (κ2) is 6.28. The second-order valence-electron chi connectivity index (χ2n) is 5.39. The highest BCUT2D eigenvalue weighted by Gasteiger charge is 2.29. The van der Waals surface area contributed by atoms with Gasteiger partial charge in [0.15, 0.2) is 0 Å². The van der Waals surface area contributed by atoms with E-state index in [-0.39, 0.29) is 0 Å². The third-order valence-corrected chi connectivity index (χ3v) is 3.63. The van der Waals surface area contributed by atoms with Crippen LogP contribution in [0.3, 0.4) is 0 Å². The summed E-state index contributed by atoms with van der Waals surface area (Å²) in [5, 5.41) is 0. The third-order valence-electron chi connectivity index (χ3n) is 3.63. The number of hydrogen-bond acceptors (Lipinski definition) is 3. The molecule has 0 saturated carbocycles.